The Bertz CT molecular complexity index is 649. The number of methoxy groups -OCH3 is 1. The van der Waals surface area contributed by atoms with Gasteiger partial charge in [0.05, 0.1) is 24.4 Å². The maximum Gasteiger partial charge on any atom is 0.243 e. The van der Waals surface area contributed by atoms with Crippen LogP contribution in [0.15, 0.2) is 46.9 Å². The van der Waals surface area contributed by atoms with Gasteiger partial charge in [0.1, 0.15) is 5.75 Å². The van der Waals surface area contributed by atoms with Gasteiger partial charge in [-0.15, -0.1) is 0 Å². The van der Waals surface area contributed by atoms with Gasteiger partial charge < -0.3 is 15.4 Å². The molecule has 0 atom stereocenters. The van der Waals surface area contributed by atoms with E-state index in [1.165, 1.54) is 0 Å². The number of benzene rings is 2. The largest absolute Gasteiger partial charge is 0.495 e. The van der Waals surface area contributed by atoms with Gasteiger partial charge >= 0.3 is 0 Å². The summed E-state index contributed by atoms with van der Waals surface area (Å²) in [5.74, 6) is 0.455. The van der Waals surface area contributed by atoms with E-state index in [0.717, 1.165) is 10.2 Å². The maximum absolute atomic E-state index is 11.9. The average molecular weight is 370 g/mol. The molecule has 0 fully saturated rings. The van der Waals surface area contributed by atoms with Gasteiger partial charge in [-0.3, -0.25) is 4.79 Å². The van der Waals surface area contributed by atoms with Crippen molar-refractivity contribution in [3.05, 3.63) is 52.0 Å². The molecular weight excluding hydrogens is 356 g/mol. The van der Waals surface area contributed by atoms with Crippen LogP contribution in [-0.2, 0) is 4.79 Å². The molecule has 0 radical (unpaired) electrons. The third-order valence-corrected chi connectivity index (χ3v) is 3.99. The van der Waals surface area contributed by atoms with Crippen LogP contribution in [0.1, 0.15) is 0 Å². The quantitative estimate of drug-likeness (QED) is 0.832. The predicted octanol–water partition coefficient (Wildman–Crippen LogP) is 4.16. The third kappa shape index (κ3) is 4.37. The molecule has 2 N–H and O–H groups in total. The van der Waals surface area contributed by atoms with Crippen LogP contribution in [0.25, 0.3) is 0 Å². The van der Waals surface area contributed by atoms with E-state index < -0.39 is 0 Å². The number of hydrogen-bond acceptors (Lipinski definition) is 3. The summed E-state index contributed by atoms with van der Waals surface area (Å²) < 4.78 is 5.99. The Labute approximate surface area is 136 Å². The number of rotatable bonds is 5. The van der Waals surface area contributed by atoms with Crippen LogP contribution in [0.2, 0.25) is 5.02 Å². The molecule has 0 heterocycles. The highest BCUT2D eigenvalue weighted by molar-refractivity contribution is 9.10. The lowest BCUT2D eigenvalue weighted by Gasteiger charge is -2.11. The Morgan fingerprint density at radius 2 is 2.05 bits per heavy atom. The lowest BCUT2D eigenvalue weighted by molar-refractivity contribution is -0.114. The fourth-order valence-electron chi connectivity index (χ4n) is 1.73. The van der Waals surface area contributed by atoms with Gasteiger partial charge in [0.25, 0.3) is 0 Å². The maximum atomic E-state index is 11.9. The van der Waals surface area contributed by atoms with Crippen molar-refractivity contribution in [1.29, 1.82) is 0 Å². The average Bonchev–Trinajstić information content (AvgIpc) is 2.49. The molecule has 0 aliphatic carbocycles. The van der Waals surface area contributed by atoms with Gasteiger partial charge in [-0.1, -0.05) is 23.7 Å². The zero-order chi connectivity index (χ0) is 15.2. The van der Waals surface area contributed by atoms with Crippen molar-refractivity contribution < 1.29 is 9.53 Å². The summed E-state index contributed by atoms with van der Waals surface area (Å²) in [7, 11) is 1.56. The molecular formula is C15H14BrClN2O2. The van der Waals surface area contributed by atoms with Gasteiger partial charge in [0.15, 0.2) is 0 Å². The van der Waals surface area contributed by atoms with Crippen LogP contribution < -0.4 is 15.4 Å². The lowest BCUT2D eigenvalue weighted by Crippen LogP contribution is -2.22. The topological polar surface area (TPSA) is 50.4 Å². The smallest absolute Gasteiger partial charge is 0.243 e. The second kappa shape index (κ2) is 7.33. The second-order valence-corrected chi connectivity index (χ2v) is 5.49. The number of halogens is 2. The fourth-order valence-corrected chi connectivity index (χ4v) is 2.16. The Morgan fingerprint density at radius 3 is 2.76 bits per heavy atom. The summed E-state index contributed by atoms with van der Waals surface area (Å²) in [4.78, 5) is 11.9. The molecule has 1 amide bonds. The Hall–Kier alpha value is -1.72. The first-order valence-corrected chi connectivity index (χ1v) is 7.39. The number of amides is 1. The van der Waals surface area contributed by atoms with E-state index in [2.05, 4.69) is 26.6 Å². The van der Waals surface area contributed by atoms with Crippen LogP contribution in [0, 0.1) is 0 Å². The summed E-state index contributed by atoms with van der Waals surface area (Å²) in [6, 6.07) is 12.7. The van der Waals surface area contributed by atoms with E-state index in [4.69, 9.17) is 16.3 Å². The SMILES string of the molecule is COc1ccccc1NC(=O)CNc1ccc(Br)c(Cl)c1. The fraction of sp³-hybridized carbons (Fsp3) is 0.133. The molecule has 6 heteroatoms. The second-order valence-electron chi connectivity index (χ2n) is 4.23. The van der Waals surface area contributed by atoms with E-state index in [1.807, 2.05) is 24.3 Å². The minimum atomic E-state index is -0.168. The van der Waals surface area contributed by atoms with Crippen LogP contribution in [-0.4, -0.2) is 19.6 Å². The summed E-state index contributed by atoms with van der Waals surface area (Å²) in [5, 5.41) is 6.39. The zero-order valence-corrected chi connectivity index (χ0v) is 13.7. The van der Waals surface area contributed by atoms with E-state index in [-0.39, 0.29) is 12.5 Å². The first-order valence-electron chi connectivity index (χ1n) is 6.22. The van der Waals surface area contributed by atoms with Crippen molar-refractivity contribution in [2.24, 2.45) is 0 Å². The standard InChI is InChI=1S/C15H14BrClN2O2/c1-21-14-5-3-2-4-13(14)19-15(20)9-18-10-6-7-11(16)12(17)8-10/h2-8,18H,9H2,1H3,(H,19,20). The van der Waals surface area contributed by atoms with Gasteiger partial charge in [0, 0.05) is 10.2 Å². The van der Waals surface area contributed by atoms with Crippen molar-refractivity contribution in [2.45, 2.75) is 0 Å². The highest BCUT2D eigenvalue weighted by Crippen LogP contribution is 2.25. The Balaban J connectivity index is 1.94. The van der Waals surface area contributed by atoms with Crippen LogP contribution >= 0.6 is 27.5 Å². The van der Waals surface area contributed by atoms with Crippen LogP contribution in [0.3, 0.4) is 0 Å². The number of hydrogen-bond donors (Lipinski definition) is 2. The van der Waals surface area contributed by atoms with E-state index in [1.54, 1.807) is 25.3 Å². The number of nitrogens with one attached hydrogen (secondary N) is 2. The molecule has 0 spiro atoms. The molecule has 0 unspecified atom stereocenters. The molecule has 110 valence electrons. The monoisotopic (exact) mass is 368 g/mol. The summed E-state index contributed by atoms with van der Waals surface area (Å²) in [6.07, 6.45) is 0. The van der Waals surface area contributed by atoms with Crippen molar-refractivity contribution >= 4 is 44.8 Å². The normalized spacial score (nSPS) is 10.0. The van der Waals surface area contributed by atoms with E-state index >= 15 is 0 Å². The molecule has 0 aliphatic heterocycles. The molecule has 2 aromatic carbocycles. The zero-order valence-electron chi connectivity index (χ0n) is 11.3. The number of ether oxygens (including phenoxy) is 1. The lowest BCUT2D eigenvalue weighted by atomic mass is 10.3. The number of carbonyl (C=O) groups excluding carboxylic acids is 1. The first kappa shape index (κ1) is 15.7. The van der Waals surface area contributed by atoms with Crippen LogP contribution in [0.4, 0.5) is 11.4 Å². The van der Waals surface area contributed by atoms with Crippen molar-refractivity contribution in [1.82, 2.24) is 0 Å². The number of anilines is 2. The van der Waals surface area contributed by atoms with Gasteiger partial charge in [-0.2, -0.15) is 0 Å². The molecule has 21 heavy (non-hydrogen) atoms. The van der Waals surface area contributed by atoms with Crippen molar-refractivity contribution in [3.8, 4) is 5.75 Å². The molecule has 0 bridgehead atoms. The minimum Gasteiger partial charge on any atom is -0.495 e. The summed E-state index contributed by atoms with van der Waals surface area (Å²) in [5.41, 5.74) is 1.42. The van der Waals surface area contributed by atoms with Gasteiger partial charge in [-0.25, -0.2) is 0 Å². The summed E-state index contributed by atoms with van der Waals surface area (Å²) in [6.45, 7) is 0.135. The molecule has 0 aromatic heterocycles. The highest BCUT2D eigenvalue weighted by Gasteiger charge is 2.07. The Kier molecular flexibility index (Phi) is 5.47. The molecule has 0 saturated carbocycles. The first-order chi connectivity index (χ1) is 10.1. The number of carbonyl (C=O) groups is 1. The molecule has 2 rings (SSSR count). The van der Waals surface area contributed by atoms with Crippen molar-refractivity contribution in [2.75, 3.05) is 24.3 Å². The molecule has 2 aromatic rings. The molecule has 0 saturated heterocycles. The van der Waals surface area contributed by atoms with E-state index in [9.17, 15) is 4.79 Å². The van der Waals surface area contributed by atoms with Crippen LogP contribution in [0.5, 0.6) is 5.75 Å². The van der Waals surface area contributed by atoms with Gasteiger partial charge in [-0.05, 0) is 46.3 Å². The van der Waals surface area contributed by atoms with Gasteiger partial charge in [0.2, 0.25) is 5.91 Å². The highest BCUT2D eigenvalue weighted by atomic mass is 79.9. The Morgan fingerprint density at radius 1 is 1.29 bits per heavy atom. The third-order valence-electron chi connectivity index (χ3n) is 2.75. The summed E-state index contributed by atoms with van der Waals surface area (Å²) >= 11 is 9.31. The minimum absolute atomic E-state index is 0.135. The molecule has 4 nitrogen and oxygen atoms in total. The van der Waals surface area contributed by atoms with Crippen molar-refractivity contribution in [3.63, 3.8) is 0 Å². The van der Waals surface area contributed by atoms with E-state index in [0.29, 0.717) is 16.5 Å². The molecule has 0 aliphatic rings. The predicted molar refractivity (Wildman–Crippen MR) is 89.3 cm³/mol. The number of para-hydroxylation sites is 2.